The molecule has 28 heavy (non-hydrogen) atoms. The van der Waals surface area contributed by atoms with Crippen LogP contribution in [0.5, 0.6) is 0 Å². The van der Waals surface area contributed by atoms with Crippen molar-refractivity contribution in [3.63, 3.8) is 0 Å². The summed E-state index contributed by atoms with van der Waals surface area (Å²) in [5.41, 5.74) is 2.79. The molecule has 146 valence electrons. The van der Waals surface area contributed by atoms with Gasteiger partial charge in [-0.3, -0.25) is 9.20 Å². The highest BCUT2D eigenvalue weighted by Crippen LogP contribution is 2.16. The molecular weight excluding hydrogens is 358 g/mol. The van der Waals surface area contributed by atoms with Gasteiger partial charge in [0.1, 0.15) is 0 Å². The molecule has 0 aliphatic carbocycles. The monoisotopic (exact) mass is 381 g/mol. The van der Waals surface area contributed by atoms with E-state index in [-0.39, 0.29) is 23.9 Å². The van der Waals surface area contributed by atoms with Crippen LogP contribution in [-0.4, -0.2) is 50.8 Å². The zero-order chi connectivity index (χ0) is 19.5. The van der Waals surface area contributed by atoms with E-state index in [9.17, 15) is 4.79 Å². The second-order valence-electron chi connectivity index (χ2n) is 6.98. The molecular formula is C20H23N5O3. The van der Waals surface area contributed by atoms with E-state index in [2.05, 4.69) is 20.5 Å². The number of aromatic nitrogens is 4. The maximum Gasteiger partial charge on any atom is 0.290 e. The van der Waals surface area contributed by atoms with Crippen LogP contribution >= 0.6 is 0 Å². The number of carbonyl (C=O) groups excluding carboxylic acids is 1. The number of hydrogen-bond acceptors (Lipinski definition) is 6. The standard InChI is InChI=1S/C20H23N5O3/c1-13-10-14(2)25-18(23-24-20(25)21-13)19(26)22-16-12-27-9-8-17(16)28-11-15-6-4-3-5-7-15/h3-7,10,16-17H,8-9,11-12H2,1-2H3,(H,22,26)/t16-,17+/m1/s1. The Morgan fingerprint density at radius 1 is 1.29 bits per heavy atom. The minimum atomic E-state index is -0.315. The van der Waals surface area contributed by atoms with Crippen molar-refractivity contribution < 1.29 is 14.3 Å². The van der Waals surface area contributed by atoms with Gasteiger partial charge in [0.15, 0.2) is 0 Å². The molecule has 1 aromatic carbocycles. The normalized spacial score (nSPS) is 19.6. The number of benzene rings is 1. The molecule has 8 heteroatoms. The van der Waals surface area contributed by atoms with E-state index in [0.717, 1.165) is 23.4 Å². The third kappa shape index (κ3) is 3.88. The van der Waals surface area contributed by atoms with Gasteiger partial charge in [-0.2, -0.15) is 0 Å². The van der Waals surface area contributed by atoms with E-state index in [0.29, 0.717) is 25.6 Å². The molecule has 1 fully saturated rings. The zero-order valence-corrected chi connectivity index (χ0v) is 16.0. The van der Waals surface area contributed by atoms with E-state index in [1.165, 1.54) is 0 Å². The van der Waals surface area contributed by atoms with Crippen LogP contribution in [0.4, 0.5) is 0 Å². The van der Waals surface area contributed by atoms with Gasteiger partial charge >= 0.3 is 0 Å². The van der Waals surface area contributed by atoms with E-state index < -0.39 is 0 Å². The highest BCUT2D eigenvalue weighted by Gasteiger charge is 2.30. The van der Waals surface area contributed by atoms with Crippen molar-refractivity contribution in [2.24, 2.45) is 0 Å². The Morgan fingerprint density at radius 3 is 2.93 bits per heavy atom. The van der Waals surface area contributed by atoms with Crippen molar-refractivity contribution >= 4 is 11.7 Å². The van der Waals surface area contributed by atoms with E-state index in [4.69, 9.17) is 9.47 Å². The fourth-order valence-corrected chi connectivity index (χ4v) is 3.44. The zero-order valence-electron chi connectivity index (χ0n) is 16.0. The van der Waals surface area contributed by atoms with Crippen LogP contribution in [0.3, 0.4) is 0 Å². The fourth-order valence-electron chi connectivity index (χ4n) is 3.44. The number of ether oxygens (including phenoxy) is 2. The second kappa shape index (κ2) is 8.04. The molecule has 0 bridgehead atoms. The van der Waals surface area contributed by atoms with Crippen LogP contribution in [-0.2, 0) is 16.1 Å². The van der Waals surface area contributed by atoms with Crippen molar-refractivity contribution in [3.05, 3.63) is 59.2 Å². The van der Waals surface area contributed by atoms with Gasteiger partial charge < -0.3 is 14.8 Å². The molecule has 4 rings (SSSR count). The molecule has 2 aromatic heterocycles. The number of amides is 1. The van der Waals surface area contributed by atoms with Crippen LogP contribution in [0.15, 0.2) is 36.4 Å². The van der Waals surface area contributed by atoms with Crippen molar-refractivity contribution in [2.45, 2.75) is 39.0 Å². The predicted molar refractivity (Wildman–Crippen MR) is 102 cm³/mol. The van der Waals surface area contributed by atoms with Gasteiger partial charge in [0, 0.05) is 18.0 Å². The Balaban J connectivity index is 1.48. The largest absolute Gasteiger partial charge is 0.379 e. The van der Waals surface area contributed by atoms with Crippen LogP contribution in [0.2, 0.25) is 0 Å². The predicted octanol–water partition coefficient (Wildman–Crippen LogP) is 1.85. The van der Waals surface area contributed by atoms with Gasteiger partial charge in [0.25, 0.3) is 11.7 Å². The Kier molecular flexibility index (Phi) is 5.31. The summed E-state index contributed by atoms with van der Waals surface area (Å²) in [4.78, 5) is 17.2. The van der Waals surface area contributed by atoms with Gasteiger partial charge in [-0.15, -0.1) is 10.2 Å². The average molecular weight is 381 g/mol. The minimum Gasteiger partial charge on any atom is -0.379 e. The number of nitrogens with zero attached hydrogens (tertiary/aromatic N) is 4. The van der Waals surface area contributed by atoms with Crippen LogP contribution in [0.25, 0.3) is 5.78 Å². The molecule has 0 radical (unpaired) electrons. The van der Waals surface area contributed by atoms with Crippen LogP contribution in [0.1, 0.15) is 34.0 Å². The molecule has 0 unspecified atom stereocenters. The maximum absolute atomic E-state index is 12.9. The van der Waals surface area contributed by atoms with Crippen molar-refractivity contribution in [1.29, 1.82) is 0 Å². The summed E-state index contributed by atoms with van der Waals surface area (Å²) >= 11 is 0. The molecule has 1 aliphatic heterocycles. The average Bonchev–Trinajstić information content (AvgIpc) is 3.12. The van der Waals surface area contributed by atoms with Crippen molar-refractivity contribution in [2.75, 3.05) is 13.2 Å². The number of aryl methyl sites for hydroxylation is 2. The first-order valence-corrected chi connectivity index (χ1v) is 9.35. The molecule has 8 nitrogen and oxygen atoms in total. The van der Waals surface area contributed by atoms with Gasteiger partial charge in [0.2, 0.25) is 5.82 Å². The highest BCUT2D eigenvalue weighted by atomic mass is 16.5. The minimum absolute atomic E-state index is 0.126. The summed E-state index contributed by atoms with van der Waals surface area (Å²) in [6.45, 7) is 5.29. The lowest BCUT2D eigenvalue weighted by atomic mass is 10.1. The molecule has 1 saturated heterocycles. The third-order valence-electron chi connectivity index (χ3n) is 4.81. The molecule has 3 aromatic rings. The quantitative estimate of drug-likeness (QED) is 0.725. The van der Waals surface area contributed by atoms with Gasteiger partial charge in [0.05, 0.1) is 25.4 Å². The Hall–Kier alpha value is -2.84. The molecule has 1 N–H and O–H groups in total. The highest BCUT2D eigenvalue weighted by molar-refractivity contribution is 5.91. The summed E-state index contributed by atoms with van der Waals surface area (Å²) < 4.78 is 13.3. The molecule has 0 saturated carbocycles. The topological polar surface area (TPSA) is 90.6 Å². The van der Waals surface area contributed by atoms with Gasteiger partial charge in [-0.05, 0) is 31.9 Å². The first-order chi connectivity index (χ1) is 13.6. The lowest BCUT2D eigenvalue weighted by molar-refractivity contribution is -0.0606. The second-order valence-corrected chi connectivity index (χ2v) is 6.98. The Labute approximate surface area is 162 Å². The summed E-state index contributed by atoms with van der Waals surface area (Å²) in [7, 11) is 0. The summed E-state index contributed by atoms with van der Waals surface area (Å²) in [6, 6.07) is 11.6. The SMILES string of the molecule is Cc1cc(C)n2c(C(=O)N[C@@H]3COCC[C@@H]3OCc3ccccc3)nnc2n1. The smallest absolute Gasteiger partial charge is 0.290 e. The lowest BCUT2D eigenvalue weighted by Gasteiger charge is -2.32. The number of rotatable bonds is 5. The number of hydrogen-bond donors (Lipinski definition) is 1. The van der Waals surface area contributed by atoms with E-state index in [1.807, 2.05) is 50.2 Å². The van der Waals surface area contributed by atoms with Crippen LogP contribution < -0.4 is 5.32 Å². The van der Waals surface area contributed by atoms with E-state index >= 15 is 0 Å². The number of carbonyl (C=O) groups is 1. The molecule has 3 heterocycles. The van der Waals surface area contributed by atoms with Gasteiger partial charge in [-0.25, -0.2) is 4.98 Å². The first kappa shape index (κ1) is 18.5. The molecule has 2 atom stereocenters. The van der Waals surface area contributed by atoms with Crippen molar-refractivity contribution in [1.82, 2.24) is 24.9 Å². The molecule has 1 aliphatic rings. The maximum atomic E-state index is 12.9. The Bertz CT molecular complexity index is 973. The number of fused-ring (bicyclic) bond motifs is 1. The number of nitrogens with one attached hydrogen (secondary N) is 1. The first-order valence-electron chi connectivity index (χ1n) is 9.35. The van der Waals surface area contributed by atoms with E-state index in [1.54, 1.807) is 4.40 Å². The summed E-state index contributed by atoms with van der Waals surface area (Å²) in [5.74, 6) is 0.317. The lowest BCUT2D eigenvalue weighted by Crippen LogP contribution is -2.50. The Morgan fingerprint density at radius 2 is 2.11 bits per heavy atom. The fraction of sp³-hybridized carbons (Fsp3) is 0.400. The molecule has 1 amide bonds. The third-order valence-corrected chi connectivity index (χ3v) is 4.81. The summed E-state index contributed by atoms with van der Waals surface area (Å²) in [6.07, 6.45) is 0.594. The van der Waals surface area contributed by atoms with Crippen LogP contribution in [0, 0.1) is 13.8 Å². The summed E-state index contributed by atoms with van der Waals surface area (Å²) in [5, 5.41) is 11.1. The van der Waals surface area contributed by atoms with Gasteiger partial charge in [-0.1, -0.05) is 30.3 Å². The van der Waals surface area contributed by atoms with Crippen molar-refractivity contribution in [3.8, 4) is 0 Å². The molecule has 0 spiro atoms.